The van der Waals surface area contributed by atoms with Crippen molar-refractivity contribution in [1.82, 2.24) is 25.4 Å². The van der Waals surface area contributed by atoms with Gasteiger partial charge in [0.1, 0.15) is 17.6 Å². The van der Waals surface area contributed by atoms with Gasteiger partial charge in [0.25, 0.3) is 5.91 Å². The second kappa shape index (κ2) is 6.19. The lowest BCUT2D eigenvalue weighted by Crippen LogP contribution is -2.25. The fourth-order valence-corrected chi connectivity index (χ4v) is 2.05. The van der Waals surface area contributed by atoms with Crippen LogP contribution in [0.25, 0.3) is 11.4 Å². The summed E-state index contributed by atoms with van der Waals surface area (Å²) in [4.78, 5) is 13.4. The number of hydrogen-bond donors (Lipinski definition) is 1. The summed E-state index contributed by atoms with van der Waals surface area (Å²) in [5, 5.41) is 18.3. The van der Waals surface area contributed by atoms with Crippen molar-refractivity contribution in [1.29, 1.82) is 0 Å². The number of anilines is 1. The zero-order chi connectivity index (χ0) is 17.3. The molecule has 124 valence electrons. The molecular formula is C15H15FN6O2. The Bertz CT molecular complexity index is 888. The third kappa shape index (κ3) is 3.14. The van der Waals surface area contributed by atoms with E-state index < -0.39 is 6.04 Å². The van der Waals surface area contributed by atoms with Crippen LogP contribution in [0.5, 0.6) is 0 Å². The Morgan fingerprint density at radius 1 is 1.33 bits per heavy atom. The molecule has 0 aliphatic heterocycles. The lowest BCUT2D eigenvalue weighted by atomic mass is 10.1. The predicted octanol–water partition coefficient (Wildman–Crippen LogP) is 2.28. The van der Waals surface area contributed by atoms with E-state index in [1.165, 1.54) is 10.9 Å². The lowest BCUT2D eigenvalue weighted by molar-refractivity contribution is -0.119. The summed E-state index contributed by atoms with van der Waals surface area (Å²) in [6.45, 7) is 5.00. The number of benzene rings is 1. The van der Waals surface area contributed by atoms with Gasteiger partial charge in [-0.25, -0.2) is 4.39 Å². The van der Waals surface area contributed by atoms with Gasteiger partial charge < -0.3 is 9.84 Å². The number of hydrogen-bond acceptors (Lipinski definition) is 6. The van der Waals surface area contributed by atoms with Crippen molar-refractivity contribution in [2.45, 2.75) is 26.8 Å². The summed E-state index contributed by atoms with van der Waals surface area (Å²) in [6.07, 6.45) is 0. The zero-order valence-electron chi connectivity index (χ0n) is 13.3. The average Bonchev–Trinajstić information content (AvgIpc) is 3.18. The fourth-order valence-electron chi connectivity index (χ4n) is 2.05. The van der Waals surface area contributed by atoms with Crippen LogP contribution >= 0.6 is 0 Å². The summed E-state index contributed by atoms with van der Waals surface area (Å²) in [5.41, 5.74) is 1.11. The van der Waals surface area contributed by atoms with Crippen molar-refractivity contribution in [3.63, 3.8) is 0 Å². The van der Waals surface area contributed by atoms with Crippen molar-refractivity contribution in [3.8, 4) is 11.4 Å². The fraction of sp³-hybridized carbons (Fsp3) is 0.267. The molecule has 1 amide bonds. The minimum Gasteiger partial charge on any atom is -0.360 e. The molecule has 0 radical (unpaired) electrons. The van der Waals surface area contributed by atoms with Crippen molar-refractivity contribution in [2.75, 3.05) is 5.32 Å². The SMILES string of the molecule is Cc1cc(NC(=O)C(C)n2nnc(-c3ccc(F)c(C)c3)n2)no1. The number of nitrogens with zero attached hydrogens (tertiary/aromatic N) is 5. The quantitative estimate of drug-likeness (QED) is 0.788. The number of aryl methyl sites for hydroxylation is 2. The van der Waals surface area contributed by atoms with Crippen LogP contribution in [0.1, 0.15) is 24.3 Å². The molecule has 0 bridgehead atoms. The van der Waals surface area contributed by atoms with Crippen molar-refractivity contribution < 1.29 is 13.7 Å². The van der Waals surface area contributed by atoms with Gasteiger partial charge in [-0.05, 0) is 49.7 Å². The highest BCUT2D eigenvalue weighted by molar-refractivity contribution is 5.92. The van der Waals surface area contributed by atoms with Gasteiger partial charge in [0.15, 0.2) is 5.82 Å². The molecule has 3 aromatic rings. The van der Waals surface area contributed by atoms with Crippen LogP contribution in [0.2, 0.25) is 0 Å². The van der Waals surface area contributed by atoms with Gasteiger partial charge in [-0.1, -0.05) is 5.16 Å². The zero-order valence-corrected chi connectivity index (χ0v) is 13.3. The first-order valence-corrected chi connectivity index (χ1v) is 7.24. The average molecular weight is 330 g/mol. The van der Waals surface area contributed by atoms with Crippen LogP contribution in [0, 0.1) is 19.7 Å². The highest BCUT2D eigenvalue weighted by Gasteiger charge is 2.20. The summed E-state index contributed by atoms with van der Waals surface area (Å²) in [7, 11) is 0. The largest absolute Gasteiger partial charge is 0.360 e. The smallest absolute Gasteiger partial charge is 0.252 e. The van der Waals surface area contributed by atoms with Crippen LogP contribution in [-0.4, -0.2) is 31.3 Å². The first-order valence-electron chi connectivity index (χ1n) is 7.24. The van der Waals surface area contributed by atoms with E-state index in [1.54, 1.807) is 39.0 Å². The Morgan fingerprint density at radius 2 is 2.12 bits per heavy atom. The number of carbonyl (C=O) groups excluding carboxylic acids is 1. The number of carbonyl (C=O) groups is 1. The maximum atomic E-state index is 13.3. The molecule has 1 atom stereocenters. The molecule has 0 fully saturated rings. The number of aromatic nitrogens is 5. The van der Waals surface area contributed by atoms with Gasteiger partial charge in [-0.2, -0.15) is 4.80 Å². The second-order valence-electron chi connectivity index (χ2n) is 5.39. The van der Waals surface area contributed by atoms with Gasteiger partial charge >= 0.3 is 0 Å². The van der Waals surface area contributed by atoms with E-state index in [-0.39, 0.29) is 11.7 Å². The van der Waals surface area contributed by atoms with Crippen molar-refractivity contribution >= 4 is 11.7 Å². The molecule has 8 nitrogen and oxygen atoms in total. The molecule has 0 aliphatic rings. The molecule has 0 saturated heterocycles. The summed E-state index contributed by atoms with van der Waals surface area (Å²) < 4.78 is 18.2. The van der Waals surface area contributed by atoms with Gasteiger partial charge in [-0.15, -0.1) is 10.2 Å². The van der Waals surface area contributed by atoms with Gasteiger partial charge in [-0.3, -0.25) is 4.79 Å². The van der Waals surface area contributed by atoms with E-state index >= 15 is 0 Å². The van der Waals surface area contributed by atoms with Gasteiger partial charge in [0.05, 0.1) is 0 Å². The minimum absolute atomic E-state index is 0.304. The molecular weight excluding hydrogens is 315 g/mol. The summed E-state index contributed by atoms with van der Waals surface area (Å²) in [6, 6.07) is 5.43. The number of nitrogens with one attached hydrogen (secondary N) is 1. The number of rotatable bonds is 4. The number of tetrazole rings is 1. The Balaban J connectivity index is 1.76. The van der Waals surface area contributed by atoms with E-state index in [0.29, 0.717) is 28.5 Å². The highest BCUT2D eigenvalue weighted by atomic mass is 19.1. The topological polar surface area (TPSA) is 98.7 Å². The van der Waals surface area contributed by atoms with Crippen LogP contribution in [0.15, 0.2) is 28.8 Å². The van der Waals surface area contributed by atoms with Gasteiger partial charge in [0, 0.05) is 11.6 Å². The molecule has 0 spiro atoms. The normalized spacial score (nSPS) is 12.2. The third-order valence-electron chi connectivity index (χ3n) is 3.45. The molecule has 1 aromatic carbocycles. The Morgan fingerprint density at radius 3 is 2.79 bits per heavy atom. The molecule has 9 heteroatoms. The summed E-state index contributed by atoms with van der Waals surface area (Å²) in [5.74, 6) is 0.559. The minimum atomic E-state index is -0.704. The molecule has 0 saturated carbocycles. The monoisotopic (exact) mass is 330 g/mol. The number of amides is 1. The van der Waals surface area contributed by atoms with E-state index in [9.17, 15) is 9.18 Å². The molecule has 24 heavy (non-hydrogen) atoms. The molecule has 3 rings (SSSR count). The maximum Gasteiger partial charge on any atom is 0.252 e. The van der Waals surface area contributed by atoms with Crippen molar-refractivity contribution in [3.05, 3.63) is 41.4 Å². The second-order valence-corrected chi connectivity index (χ2v) is 5.39. The first-order chi connectivity index (χ1) is 11.4. The van der Waals surface area contributed by atoms with Gasteiger partial charge in [0.2, 0.25) is 5.82 Å². The summed E-state index contributed by atoms with van der Waals surface area (Å²) >= 11 is 0. The molecule has 1 N–H and O–H groups in total. The molecule has 2 aromatic heterocycles. The van der Waals surface area contributed by atoms with E-state index in [2.05, 4.69) is 25.9 Å². The Hall–Kier alpha value is -3.10. The molecule has 1 unspecified atom stereocenters. The highest BCUT2D eigenvalue weighted by Crippen LogP contribution is 2.18. The van der Waals surface area contributed by atoms with E-state index in [4.69, 9.17) is 4.52 Å². The van der Waals surface area contributed by atoms with Crippen LogP contribution in [0.4, 0.5) is 10.2 Å². The van der Waals surface area contributed by atoms with Crippen LogP contribution in [-0.2, 0) is 4.79 Å². The molecule has 2 heterocycles. The number of halogens is 1. The van der Waals surface area contributed by atoms with E-state index in [1.807, 2.05) is 0 Å². The predicted molar refractivity (Wildman–Crippen MR) is 82.5 cm³/mol. The van der Waals surface area contributed by atoms with E-state index in [0.717, 1.165) is 0 Å². The van der Waals surface area contributed by atoms with Crippen molar-refractivity contribution in [2.24, 2.45) is 0 Å². The molecule has 0 aliphatic carbocycles. The Labute approximate surface area is 136 Å². The standard InChI is InChI=1S/C15H15FN6O2/c1-8-6-11(4-5-12(8)16)14-18-21-22(19-14)10(3)15(23)17-13-7-9(2)24-20-13/h4-7,10H,1-3H3,(H,17,20,23). The van der Waals surface area contributed by atoms with Crippen LogP contribution in [0.3, 0.4) is 0 Å². The Kier molecular flexibility index (Phi) is 4.07. The maximum absolute atomic E-state index is 13.3. The first kappa shape index (κ1) is 15.8. The van der Waals surface area contributed by atoms with Crippen LogP contribution < -0.4 is 5.32 Å². The lowest BCUT2D eigenvalue weighted by Gasteiger charge is -2.08. The third-order valence-corrected chi connectivity index (χ3v) is 3.45.